The molecule has 0 aliphatic heterocycles. The van der Waals surface area contributed by atoms with Gasteiger partial charge in [-0.1, -0.05) is 109 Å². The van der Waals surface area contributed by atoms with E-state index in [4.69, 9.17) is 0 Å². The standard InChI is InChI=1S/C32H18/c1-2-10-22-21(9-1)25-15-7-17-27-29-23-13-5-3-11-19(23)20-12-4-6-14-24(20)30(29)28-18-8-16-26(22)32(28)31(25)27/h1-18H. The fourth-order valence-electron chi connectivity index (χ4n) is 6.16. The number of rotatable bonds is 0. The van der Waals surface area contributed by atoms with E-state index in [1.54, 1.807) is 0 Å². The molecule has 0 amide bonds. The minimum absolute atomic E-state index is 1.33. The van der Waals surface area contributed by atoms with Crippen molar-refractivity contribution >= 4 is 75.4 Å². The molecule has 0 aliphatic rings. The van der Waals surface area contributed by atoms with Gasteiger partial charge in [-0.15, -0.1) is 0 Å². The smallest absolute Gasteiger partial charge is 0.00137 e. The molecule has 0 heterocycles. The third-order valence-electron chi connectivity index (χ3n) is 7.36. The summed E-state index contributed by atoms with van der Waals surface area (Å²) >= 11 is 0. The van der Waals surface area contributed by atoms with Crippen molar-refractivity contribution < 1.29 is 0 Å². The molecule has 0 aromatic heterocycles. The molecular formula is C32H18. The van der Waals surface area contributed by atoms with E-state index >= 15 is 0 Å². The lowest BCUT2D eigenvalue weighted by Gasteiger charge is -2.20. The summed E-state index contributed by atoms with van der Waals surface area (Å²) < 4.78 is 0. The van der Waals surface area contributed by atoms with Gasteiger partial charge in [0.2, 0.25) is 0 Å². The van der Waals surface area contributed by atoms with E-state index in [9.17, 15) is 0 Å². The maximum absolute atomic E-state index is 2.33. The highest BCUT2D eigenvalue weighted by molar-refractivity contribution is 6.45. The molecule has 0 heteroatoms. The zero-order valence-electron chi connectivity index (χ0n) is 17.4. The normalized spacial score (nSPS) is 12.4. The Hall–Kier alpha value is -4.16. The Morgan fingerprint density at radius 2 is 0.406 bits per heavy atom. The van der Waals surface area contributed by atoms with Crippen LogP contribution in [0, 0.1) is 0 Å². The van der Waals surface area contributed by atoms with Crippen LogP contribution in [-0.4, -0.2) is 0 Å². The molecule has 0 N–H and O–H groups in total. The second-order valence-electron chi connectivity index (χ2n) is 8.84. The number of hydrogen-bond acceptors (Lipinski definition) is 0. The van der Waals surface area contributed by atoms with E-state index in [0.717, 1.165) is 0 Å². The molecule has 146 valence electrons. The highest BCUT2D eigenvalue weighted by Crippen LogP contribution is 2.48. The van der Waals surface area contributed by atoms with Gasteiger partial charge in [0.1, 0.15) is 0 Å². The van der Waals surface area contributed by atoms with Crippen molar-refractivity contribution in [3.05, 3.63) is 109 Å². The average Bonchev–Trinajstić information content (AvgIpc) is 2.87. The molecule has 0 aliphatic carbocycles. The van der Waals surface area contributed by atoms with E-state index in [1.165, 1.54) is 75.4 Å². The van der Waals surface area contributed by atoms with E-state index in [1.807, 2.05) is 0 Å². The van der Waals surface area contributed by atoms with Gasteiger partial charge in [0.25, 0.3) is 0 Å². The van der Waals surface area contributed by atoms with Gasteiger partial charge in [-0.25, -0.2) is 0 Å². The maximum Gasteiger partial charge on any atom is -0.00137 e. The lowest BCUT2D eigenvalue weighted by Crippen LogP contribution is -1.91. The van der Waals surface area contributed by atoms with Crippen molar-refractivity contribution in [1.82, 2.24) is 0 Å². The fourth-order valence-corrected chi connectivity index (χ4v) is 6.16. The molecule has 0 bridgehead atoms. The van der Waals surface area contributed by atoms with Gasteiger partial charge >= 0.3 is 0 Å². The zero-order valence-corrected chi connectivity index (χ0v) is 17.4. The molecule has 0 radical (unpaired) electrons. The molecule has 0 nitrogen and oxygen atoms in total. The maximum atomic E-state index is 2.33. The van der Waals surface area contributed by atoms with Gasteiger partial charge in [0.05, 0.1) is 0 Å². The van der Waals surface area contributed by atoms with Crippen molar-refractivity contribution in [2.24, 2.45) is 0 Å². The Morgan fingerprint density at radius 1 is 0.188 bits per heavy atom. The molecule has 8 aromatic carbocycles. The predicted molar refractivity (Wildman–Crippen MR) is 140 cm³/mol. The molecule has 0 spiro atoms. The summed E-state index contributed by atoms with van der Waals surface area (Å²) in [5, 5.41) is 18.9. The van der Waals surface area contributed by atoms with Gasteiger partial charge in [0.15, 0.2) is 0 Å². The summed E-state index contributed by atoms with van der Waals surface area (Å²) in [5.74, 6) is 0. The topological polar surface area (TPSA) is 0 Å². The van der Waals surface area contributed by atoms with Crippen LogP contribution >= 0.6 is 0 Å². The first-order chi connectivity index (χ1) is 15.9. The van der Waals surface area contributed by atoms with Gasteiger partial charge in [-0.2, -0.15) is 0 Å². The van der Waals surface area contributed by atoms with Crippen LogP contribution in [0.25, 0.3) is 75.4 Å². The first kappa shape index (κ1) is 16.5. The highest BCUT2D eigenvalue weighted by atomic mass is 14.2. The number of hydrogen-bond donors (Lipinski definition) is 0. The van der Waals surface area contributed by atoms with E-state index in [2.05, 4.69) is 109 Å². The van der Waals surface area contributed by atoms with Crippen molar-refractivity contribution in [3.63, 3.8) is 0 Å². The molecule has 0 saturated heterocycles. The minimum Gasteiger partial charge on any atom is -0.0616 e. The third kappa shape index (κ3) is 1.85. The summed E-state index contributed by atoms with van der Waals surface area (Å²) in [7, 11) is 0. The molecule has 32 heavy (non-hydrogen) atoms. The monoisotopic (exact) mass is 402 g/mol. The van der Waals surface area contributed by atoms with Crippen molar-refractivity contribution in [2.75, 3.05) is 0 Å². The van der Waals surface area contributed by atoms with Gasteiger partial charge in [-0.3, -0.25) is 0 Å². The van der Waals surface area contributed by atoms with E-state index < -0.39 is 0 Å². The SMILES string of the molecule is c1ccc2c(c1)c1ccccc1c1c3cccc4c5ccccc5c5cccc(c21)c5c43. The van der Waals surface area contributed by atoms with Crippen LogP contribution in [-0.2, 0) is 0 Å². The highest BCUT2D eigenvalue weighted by Gasteiger charge is 2.19. The second-order valence-corrected chi connectivity index (χ2v) is 8.84. The minimum atomic E-state index is 1.33. The fraction of sp³-hybridized carbons (Fsp3) is 0. The van der Waals surface area contributed by atoms with Crippen LogP contribution < -0.4 is 0 Å². The van der Waals surface area contributed by atoms with E-state index in [-0.39, 0.29) is 0 Å². The van der Waals surface area contributed by atoms with E-state index in [0.29, 0.717) is 0 Å². The summed E-state index contributed by atoms with van der Waals surface area (Å²) in [6.45, 7) is 0. The third-order valence-corrected chi connectivity index (χ3v) is 7.36. The summed E-state index contributed by atoms with van der Waals surface area (Å²) in [5.41, 5.74) is 0. The molecule has 8 aromatic rings. The predicted octanol–water partition coefficient (Wildman–Crippen LogP) is 9.20. The van der Waals surface area contributed by atoms with Gasteiger partial charge in [-0.05, 0) is 75.4 Å². The summed E-state index contributed by atoms with van der Waals surface area (Å²) in [6.07, 6.45) is 0. The van der Waals surface area contributed by atoms with Crippen LogP contribution in [0.15, 0.2) is 109 Å². The Labute approximate surface area is 184 Å². The van der Waals surface area contributed by atoms with Crippen molar-refractivity contribution in [3.8, 4) is 0 Å². The Kier molecular flexibility index (Phi) is 2.97. The largest absolute Gasteiger partial charge is 0.0616 e. The Balaban J connectivity index is 1.88. The number of benzene rings is 8. The van der Waals surface area contributed by atoms with Gasteiger partial charge < -0.3 is 0 Å². The van der Waals surface area contributed by atoms with Crippen LogP contribution in [0.3, 0.4) is 0 Å². The van der Waals surface area contributed by atoms with Crippen LogP contribution in [0.4, 0.5) is 0 Å². The van der Waals surface area contributed by atoms with Gasteiger partial charge in [0, 0.05) is 0 Å². The van der Waals surface area contributed by atoms with Crippen LogP contribution in [0.5, 0.6) is 0 Å². The molecule has 0 saturated carbocycles. The molecule has 0 atom stereocenters. The molecule has 0 unspecified atom stereocenters. The first-order valence-corrected chi connectivity index (χ1v) is 11.2. The Bertz CT molecular complexity index is 1880. The van der Waals surface area contributed by atoms with Crippen LogP contribution in [0.1, 0.15) is 0 Å². The van der Waals surface area contributed by atoms with Crippen molar-refractivity contribution in [2.45, 2.75) is 0 Å². The quantitative estimate of drug-likeness (QED) is 0.175. The summed E-state index contributed by atoms with van der Waals surface area (Å²) in [6, 6.07) is 40.4. The summed E-state index contributed by atoms with van der Waals surface area (Å²) in [4.78, 5) is 0. The average molecular weight is 402 g/mol. The lowest BCUT2D eigenvalue weighted by molar-refractivity contribution is 1.79. The first-order valence-electron chi connectivity index (χ1n) is 11.2. The van der Waals surface area contributed by atoms with Crippen LogP contribution in [0.2, 0.25) is 0 Å². The zero-order chi connectivity index (χ0) is 20.8. The molecule has 0 fully saturated rings. The lowest BCUT2D eigenvalue weighted by atomic mass is 9.83. The molecule has 8 rings (SSSR count). The Morgan fingerprint density at radius 3 is 0.719 bits per heavy atom. The van der Waals surface area contributed by atoms with Crippen molar-refractivity contribution in [1.29, 1.82) is 0 Å². The number of fused-ring (bicyclic) bond motifs is 11. The molecular weight excluding hydrogens is 384 g/mol. The second kappa shape index (κ2) is 5.75.